The summed E-state index contributed by atoms with van der Waals surface area (Å²) in [6.45, 7) is 6.70. The van der Waals surface area contributed by atoms with E-state index in [2.05, 4.69) is 33.7 Å². The number of nitrogens with zero attached hydrogens (tertiary/aromatic N) is 2. The highest BCUT2D eigenvalue weighted by molar-refractivity contribution is 7.99. The first-order valence-corrected chi connectivity index (χ1v) is 7.64. The summed E-state index contributed by atoms with van der Waals surface area (Å²) in [5.74, 6) is 0. The topological polar surface area (TPSA) is 51.8 Å². The molecule has 1 unspecified atom stereocenters. The van der Waals surface area contributed by atoms with Crippen molar-refractivity contribution in [1.29, 1.82) is 0 Å². The van der Waals surface area contributed by atoms with Gasteiger partial charge in [0, 0.05) is 17.9 Å². The Kier molecular flexibility index (Phi) is 4.37. The summed E-state index contributed by atoms with van der Waals surface area (Å²) in [6.07, 6.45) is 0. The summed E-state index contributed by atoms with van der Waals surface area (Å²) >= 11 is 3.34. The van der Waals surface area contributed by atoms with Crippen molar-refractivity contribution in [2.24, 2.45) is 5.73 Å². The molecule has 0 amide bonds. The van der Waals surface area contributed by atoms with E-state index in [4.69, 9.17) is 5.73 Å². The lowest BCUT2D eigenvalue weighted by atomic mass is 10.2. The zero-order valence-corrected chi connectivity index (χ0v) is 12.4. The van der Waals surface area contributed by atoms with Gasteiger partial charge in [0.15, 0.2) is 5.16 Å². The fourth-order valence-electron chi connectivity index (χ4n) is 1.63. The first-order chi connectivity index (χ1) is 8.61. The Hall–Kier alpha value is -0.910. The van der Waals surface area contributed by atoms with Crippen LogP contribution in [0.15, 0.2) is 22.0 Å². The Balaban J connectivity index is 2.23. The molecule has 5 heteroatoms. The smallest absolute Gasteiger partial charge is 0.188 e. The van der Waals surface area contributed by atoms with Crippen molar-refractivity contribution in [3.63, 3.8) is 0 Å². The Labute approximate surface area is 116 Å². The van der Waals surface area contributed by atoms with Gasteiger partial charge in [-0.25, -0.2) is 9.97 Å². The summed E-state index contributed by atoms with van der Waals surface area (Å²) in [6, 6.07) is 2.11. The summed E-state index contributed by atoms with van der Waals surface area (Å²) < 4.78 is 0. The molecule has 0 saturated carbocycles. The molecule has 2 heterocycles. The maximum Gasteiger partial charge on any atom is 0.188 e. The van der Waals surface area contributed by atoms with Crippen LogP contribution in [0.25, 0.3) is 0 Å². The van der Waals surface area contributed by atoms with Crippen molar-refractivity contribution in [3.05, 3.63) is 39.3 Å². The van der Waals surface area contributed by atoms with E-state index in [9.17, 15) is 0 Å². The van der Waals surface area contributed by atoms with Gasteiger partial charge in [-0.15, -0.1) is 0 Å². The summed E-state index contributed by atoms with van der Waals surface area (Å²) in [7, 11) is 0. The minimum Gasteiger partial charge on any atom is -0.329 e. The number of aryl methyl sites for hydroxylation is 2. The molecule has 0 bridgehead atoms. The highest BCUT2D eigenvalue weighted by Gasteiger charge is 2.15. The molecule has 0 aliphatic rings. The summed E-state index contributed by atoms with van der Waals surface area (Å²) in [5.41, 5.74) is 10.4. The molecule has 2 aromatic heterocycles. The second-order valence-corrected chi connectivity index (χ2v) is 6.15. The maximum atomic E-state index is 5.85. The third-order valence-corrected chi connectivity index (χ3v) is 4.83. The van der Waals surface area contributed by atoms with Crippen molar-refractivity contribution in [2.45, 2.75) is 31.2 Å². The number of thioether (sulfide) groups is 1. The zero-order valence-electron chi connectivity index (χ0n) is 10.8. The largest absolute Gasteiger partial charge is 0.329 e. The van der Waals surface area contributed by atoms with Crippen LogP contribution in [0.3, 0.4) is 0 Å². The van der Waals surface area contributed by atoms with E-state index in [-0.39, 0.29) is 5.25 Å². The molecule has 1 atom stereocenters. The molecule has 0 spiro atoms. The van der Waals surface area contributed by atoms with Crippen molar-refractivity contribution >= 4 is 23.1 Å². The molecule has 2 N–H and O–H groups in total. The number of aromatic nitrogens is 2. The van der Waals surface area contributed by atoms with Gasteiger partial charge in [0.25, 0.3) is 0 Å². The van der Waals surface area contributed by atoms with Gasteiger partial charge < -0.3 is 5.73 Å². The number of hydrogen-bond donors (Lipinski definition) is 1. The van der Waals surface area contributed by atoms with Gasteiger partial charge in [-0.1, -0.05) is 11.8 Å². The molecule has 3 nitrogen and oxygen atoms in total. The Bertz CT molecular complexity index is 500. The van der Waals surface area contributed by atoms with Gasteiger partial charge in [-0.2, -0.15) is 11.3 Å². The molecule has 2 rings (SSSR count). The quantitative estimate of drug-likeness (QED) is 0.689. The maximum absolute atomic E-state index is 5.85. The van der Waals surface area contributed by atoms with E-state index < -0.39 is 0 Å². The van der Waals surface area contributed by atoms with Crippen LogP contribution in [0.4, 0.5) is 0 Å². The molecular formula is C13H17N3S2. The predicted octanol–water partition coefficient (Wildman–Crippen LogP) is 3.26. The van der Waals surface area contributed by atoms with Crippen LogP contribution >= 0.6 is 23.1 Å². The molecule has 0 aliphatic carbocycles. The van der Waals surface area contributed by atoms with E-state index in [0.717, 1.165) is 16.5 Å². The van der Waals surface area contributed by atoms with Crippen molar-refractivity contribution in [3.8, 4) is 0 Å². The molecule has 2 aromatic rings. The molecule has 0 radical (unpaired) electrons. The molecule has 96 valence electrons. The second-order valence-electron chi connectivity index (χ2n) is 4.20. The lowest BCUT2D eigenvalue weighted by Gasteiger charge is -2.13. The van der Waals surface area contributed by atoms with Crippen LogP contribution in [0.5, 0.6) is 0 Å². The predicted molar refractivity (Wildman–Crippen MR) is 78.2 cm³/mol. The van der Waals surface area contributed by atoms with E-state index in [1.807, 2.05) is 13.8 Å². The van der Waals surface area contributed by atoms with Crippen molar-refractivity contribution in [2.75, 3.05) is 6.54 Å². The van der Waals surface area contributed by atoms with Crippen molar-refractivity contribution in [1.82, 2.24) is 9.97 Å². The first kappa shape index (κ1) is 13.5. The monoisotopic (exact) mass is 279 g/mol. The second kappa shape index (κ2) is 5.82. The number of nitrogens with two attached hydrogens (primary N) is 1. The Morgan fingerprint density at radius 3 is 2.44 bits per heavy atom. The minimum absolute atomic E-state index is 0.234. The highest BCUT2D eigenvalue weighted by atomic mass is 32.2. The fraction of sp³-hybridized carbons (Fsp3) is 0.385. The number of rotatable bonds is 4. The third kappa shape index (κ3) is 2.91. The van der Waals surface area contributed by atoms with Crippen LogP contribution in [0.1, 0.15) is 27.8 Å². The van der Waals surface area contributed by atoms with Gasteiger partial charge in [0.2, 0.25) is 0 Å². The third-order valence-electron chi connectivity index (χ3n) is 2.99. The molecule has 0 saturated heterocycles. The lowest BCUT2D eigenvalue weighted by molar-refractivity contribution is 0.864. The minimum atomic E-state index is 0.234. The van der Waals surface area contributed by atoms with Gasteiger partial charge in [0.05, 0.1) is 5.25 Å². The normalized spacial score (nSPS) is 12.7. The molecule has 0 aliphatic heterocycles. The molecular weight excluding hydrogens is 262 g/mol. The van der Waals surface area contributed by atoms with Crippen LogP contribution in [-0.4, -0.2) is 16.5 Å². The standard InChI is InChI=1S/C13H17N3S2/c1-8-9(2)15-13(16-10(8)3)18-12(6-14)11-4-5-17-7-11/h4-5,7,12H,6,14H2,1-3H3. The molecule has 0 fully saturated rings. The Morgan fingerprint density at radius 2 is 1.94 bits per heavy atom. The zero-order chi connectivity index (χ0) is 13.1. The van der Waals surface area contributed by atoms with Gasteiger partial charge in [-0.05, 0) is 48.7 Å². The SMILES string of the molecule is Cc1nc(SC(CN)c2ccsc2)nc(C)c1C. The average Bonchev–Trinajstić information content (AvgIpc) is 2.86. The summed E-state index contributed by atoms with van der Waals surface area (Å²) in [5, 5.41) is 5.26. The van der Waals surface area contributed by atoms with Gasteiger partial charge in [-0.3, -0.25) is 0 Å². The number of thiophene rings is 1. The lowest BCUT2D eigenvalue weighted by Crippen LogP contribution is -2.10. The number of hydrogen-bond acceptors (Lipinski definition) is 5. The van der Waals surface area contributed by atoms with E-state index in [1.165, 1.54) is 11.1 Å². The van der Waals surface area contributed by atoms with Crippen LogP contribution in [0, 0.1) is 20.8 Å². The molecule has 0 aromatic carbocycles. The average molecular weight is 279 g/mol. The fourth-order valence-corrected chi connectivity index (χ4v) is 3.44. The first-order valence-electron chi connectivity index (χ1n) is 5.82. The molecule has 18 heavy (non-hydrogen) atoms. The van der Waals surface area contributed by atoms with Crippen LogP contribution in [0.2, 0.25) is 0 Å². The van der Waals surface area contributed by atoms with Crippen molar-refractivity contribution < 1.29 is 0 Å². The van der Waals surface area contributed by atoms with Crippen LogP contribution in [-0.2, 0) is 0 Å². The highest BCUT2D eigenvalue weighted by Crippen LogP contribution is 2.33. The Morgan fingerprint density at radius 1 is 1.28 bits per heavy atom. The van der Waals surface area contributed by atoms with E-state index in [1.54, 1.807) is 23.1 Å². The summed E-state index contributed by atoms with van der Waals surface area (Å²) in [4.78, 5) is 9.06. The van der Waals surface area contributed by atoms with E-state index in [0.29, 0.717) is 6.54 Å². The van der Waals surface area contributed by atoms with Gasteiger partial charge in [0.1, 0.15) is 0 Å². The van der Waals surface area contributed by atoms with E-state index >= 15 is 0 Å². The van der Waals surface area contributed by atoms with Gasteiger partial charge >= 0.3 is 0 Å². The van der Waals surface area contributed by atoms with Crippen LogP contribution < -0.4 is 5.73 Å².